The molecule has 1 aromatic carbocycles. The Kier molecular flexibility index (Phi) is 4.51. The summed E-state index contributed by atoms with van der Waals surface area (Å²) in [7, 11) is 1.93. The molecule has 4 rings (SSSR count). The molecule has 0 radical (unpaired) electrons. The number of aromatic nitrogens is 4. The molecule has 134 valence electrons. The van der Waals surface area contributed by atoms with E-state index in [4.69, 9.17) is 0 Å². The van der Waals surface area contributed by atoms with Crippen LogP contribution in [0.25, 0.3) is 11.2 Å². The van der Waals surface area contributed by atoms with Crippen molar-refractivity contribution in [2.24, 2.45) is 5.92 Å². The van der Waals surface area contributed by atoms with Gasteiger partial charge in [0.15, 0.2) is 11.3 Å². The van der Waals surface area contributed by atoms with Crippen LogP contribution < -0.4 is 10.2 Å². The summed E-state index contributed by atoms with van der Waals surface area (Å²) in [5.41, 5.74) is 2.70. The summed E-state index contributed by atoms with van der Waals surface area (Å²) in [4.78, 5) is 30.7. The van der Waals surface area contributed by atoms with Gasteiger partial charge in [0.25, 0.3) is 5.91 Å². The van der Waals surface area contributed by atoms with Crippen molar-refractivity contribution in [3.63, 3.8) is 0 Å². The fourth-order valence-corrected chi connectivity index (χ4v) is 2.84. The topological polar surface area (TPSA) is 86.8 Å². The molecule has 0 spiro atoms. The van der Waals surface area contributed by atoms with Crippen molar-refractivity contribution in [2.75, 3.05) is 25.0 Å². The van der Waals surface area contributed by atoms with Gasteiger partial charge in [-0.25, -0.2) is 9.97 Å². The van der Waals surface area contributed by atoms with Crippen molar-refractivity contribution >= 4 is 23.0 Å². The number of anilines is 1. The average Bonchev–Trinajstić information content (AvgIpc) is 3.39. The Hall–Kier alpha value is -2.96. The first-order valence-electron chi connectivity index (χ1n) is 8.95. The Labute approximate surface area is 151 Å². The molecule has 0 saturated heterocycles. The zero-order valence-corrected chi connectivity index (χ0v) is 14.8. The molecule has 7 heteroatoms. The van der Waals surface area contributed by atoms with Gasteiger partial charge in [0.2, 0.25) is 5.95 Å². The number of aromatic amines is 1. The summed E-state index contributed by atoms with van der Waals surface area (Å²) >= 11 is 0. The number of nitrogens with one attached hydrogen (secondary N) is 2. The molecule has 1 saturated carbocycles. The van der Waals surface area contributed by atoms with E-state index < -0.39 is 0 Å². The zero-order chi connectivity index (χ0) is 17.9. The molecule has 0 atom stereocenters. The van der Waals surface area contributed by atoms with Gasteiger partial charge in [0.05, 0.1) is 6.33 Å². The number of imidazole rings is 1. The molecular weight excluding hydrogens is 328 g/mol. The number of likely N-dealkylation sites (N-methyl/N-ethyl adjacent to an activating group) is 1. The van der Waals surface area contributed by atoms with E-state index in [0.29, 0.717) is 35.3 Å². The molecule has 0 bridgehead atoms. The van der Waals surface area contributed by atoms with Crippen molar-refractivity contribution in [3.05, 3.63) is 47.9 Å². The maximum absolute atomic E-state index is 12.6. The quantitative estimate of drug-likeness (QED) is 0.682. The van der Waals surface area contributed by atoms with Crippen LogP contribution in [0.15, 0.2) is 36.7 Å². The van der Waals surface area contributed by atoms with Crippen molar-refractivity contribution in [2.45, 2.75) is 19.3 Å². The van der Waals surface area contributed by atoms with Gasteiger partial charge < -0.3 is 15.2 Å². The number of amides is 1. The first-order valence-corrected chi connectivity index (χ1v) is 8.95. The average molecular weight is 350 g/mol. The standard InChI is InChI=1S/C19H22N6O/c1-25(10-9-13-5-3-2-4-6-13)19-23-16(15-17(24-19)22-12-21-15)18(26)20-11-14-7-8-14/h2-6,12,14H,7-11H2,1H3,(H,20,26)(H,21,22,23,24). The van der Waals surface area contributed by atoms with E-state index in [1.54, 1.807) is 6.33 Å². The normalized spacial score (nSPS) is 13.7. The number of fused-ring (bicyclic) bond motifs is 1. The first-order chi connectivity index (χ1) is 12.7. The Morgan fingerprint density at radius 3 is 2.85 bits per heavy atom. The molecule has 1 fully saturated rings. The third-order valence-electron chi connectivity index (χ3n) is 4.66. The number of benzene rings is 1. The van der Waals surface area contributed by atoms with Crippen LogP contribution in [0.1, 0.15) is 28.9 Å². The molecular formula is C19H22N6O. The van der Waals surface area contributed by atoms with E-state index in [9.17, 15) is 4.79 Å². The summed E-state index contributed by atoms with van der Waals surface area (Å²) in [5.74, 6) is 0.953. The highest BCUT2D eigenvalue weighted by Crippen LogP contribution is 2.27. The molecule has 26 heavy (non-hydrogen) atoms. The van der Waals surface area contributed by atoms with E-state index in [1.807, 2.05) is 30.1 Å². The third-order valence-corrected chi connectivity index (χ3v) is 4.66. The fraction of sp³-hybridized carbons (Fsp3) is 0.368. The van der Waals surface area contributed by atoms with Gasteiger partial charge in [-0.15, -0.1) is 0 Å². The third kappa shape index (κ3) is 3.66. The highest BCUT2D eigenvalue weighted by atomic mass is 16.1. The largest absolute Gasteiger partial charge is 0.350 e. The summed E-state index contributed by atoms with van der Waals surface area (Å²) in [6.07, 6.45) is 4.81. The second kappa shape index (κ2) is 7.11. The molecule has 0 unspecified atom stereocenters. The lowest BCUT2D eigenvalue weighted by atomic mass is 10.1. The Morgan fingerprint density at radius 1 is 1.27 bits per heavy atom. The highest BCUT2D eigenvalue weighted by molar-refractivity contribution is 6.02. The van der Waals surface area contributed by atoms with Crippen molar-refractivity contribution < 1.29 is 4.79 Å². The number of nitrogens with zero attached hydrogens (tertiary/aromatic N) is 4. The molecule has 3 aromatic rings. The van der Waals surface area contributed by atoms with E-state index in [0.717, 1.165) is 13.0 Å². The van der Waals surface area contributed by atoms with E-state index in [1.165, 1.54) is 18.4 Å². The zero-order valence-electron chi connectivity index (χ0n) is 14.8. The van der Waals surface area contributed by atoms with Crippen molar-refractivity contribution in [1.29, 1.82) is 0 Å². The van der Waals surface area contributed by atoms with Gasteiger partial charge in [0.1, 0.15) is 5.52 Å². The SMILES string of the molecule is CN(CCc1ccccc1)c1nc(C(=O)NCC2CC2)c2[nH]cnc2n1. The number of hydrogen-bond acceptors (Lipinski definition) is 5. The number of carbonyl (C=O) groups excluding carboxylic acids is 1. The molecule has 2 heterocycles. The Balaban J connectivity index is 1.53. The summed E-state index contributed by atoms with van der Waals surface area (Å²) < 4.78 is 0. The van der Waals surface area contributed by atoms with Crippen LogP contribution in [-0.2, 0) is 6.42 Å². The van der Waals surface area contributed by atoms with Gasteiger partial charge in [-0.2, -0.15) is 4.98 Å². The van der Waals surface area contributed by atoms with Gasteiger partial charge in [0, 0.05) is 20.1 Å². The van der Waals surface area contributed by atoms with Gasteiger partial charge in [-0.3, -0.25) is 4.79 Å². The number of rotatable bonds is 7. The van der Waals surface area contributed by atoms with Crippen LogP contribution in [0.3, 0.4) is 0 Å². The minimum atomic E-state index is -0.175. The molecule has 2 N–H and O–H groups in total. The Morgan fingerprint density at radius 2 is 2.08 bits per heavy atom. The highest BCUT2D eigenvalue weighted by Gasteiger charge is 2.24. The van der Waals surface area contributed by atoms with Crippen LogP contribution in [0, 0.1) is 5.92 Å². The maximum atomic E-state index is 12.6. The van der Waals surface area contributed by atoms with Gasteiger partial charge in [-0.05, 0) is 30.7 Å². The molecule has 1 amide bonds. The van der Waals surface area contributed by atoms with E-state index in [2.05, 4.69) is 37.4 Å². The summed E-state index contributed by atoms with van der Waals surface area (Å²) in [6, 6.07) is 10.3. The maximum Gasteiger partial charge on any atom is 0.272 e. The minimum Gasteiger partial charge on any atom is -0.350 e. The van der Waals surface area contributed by atoms with Gasteiger partial charge in [-0.1, -0.05) is 30.3 Å². The molecule has 2 aromatic heterocycles. The second-order valence-electron chi connectivity index (χ2n) is 6.78. The lowest BCUT2D eigenvalue weighted by molar-refractivity contribution is 0.0948. The van der Waals surface area contributed by atoms with Crippen LogP contribution in [-0.4, -0.2) is 46.0 Å². The molecule has 1 aliphatic rings. The fourth-order valence-electron chi connectivity index (χ4n) is 2.84. The molecule has 1 aliphatic carbocycles. The molecule has 0 aliphatic heterocycles. The monoisotopic (exact) mass is 350 g/mol. The van der Waals surface area contributed by atoms with E-state index >= 15 is 0 Å². The number of hydrogen-bond donors (Lipinski definition) is 2. The predicted molar refractivity (Wildman–Crippen MR) is 100 cm³/mol. The smallest absolute Gasteiger partial charge is 0.272 e. The number of carbonyl (C=O) groups is 1. The summed E-state index contributed by atoms with van der Waals surface area (Å²) in [5, 5.41) is 2.97. The second-order valence-corrected chi connectivity index (χ2v) is 6.78. The van der Waals surface area contributed by atoms with Crippen molar-refractivity contribution in [3.8, 4) is 0 Å². The first kappa shape index (κ1) is 16.5. The van der Waals surface area contributed by atoms with Gasteiger partial charge >= 0.3 is 0 Å². The lowest BCUT2D eigenvalue weighted by Crippen LogP contribution is -2.29. The van der Waals surface area contributed by atoms with Crippen LogP contribution in [0.4, 0.5) is 5.95 Å². The van der Waals surface area contributed by atoms with Crippen LogP contribution in [0.2, 0.25) is 0 Å². The van der Waals surface area contributed by atoms with Crippen LogP contribution >= 0.6 is 0 Å². The molecule has 7 nitrogen and oxygen atoms in total. The predicted octanol–water partition coefficient (Wildman–Crippen LogP) is 2.17. The van der Waals surface area contributed by atoms with E-state index in [-0.39, 0.29) is 5.91 Å². The van der Waals surface area contributed by atoms with Crippen molar-refractivity contribution in [1.82, 2.24) is 25.3 Å². The minimum absolute atomic E-state index is 0.175. The summed E-state index contributed by atoms with van der Waals surface area (Å²) in [6.45, 7) is 1.46. The Bertz CT molecular complexity index is 903. The van der Waals surface area contributed by atoms with Crippen LogP contribution in [0.5, 0.6) is 0 Å². The number of H-pyrrole nitrogens is 1. The lowest BCUT2D eigenvalue weighted by Gasteiger charge is -2.17.